The molecule has 9 heteroatoms. The SMILES string of the molecule is CC(=O)/C=C(\C)[O-].CC(=O)/C=C(\C)[O-].CC(=O)[CH-]C(C)=O.CC(=O)[CH-]C(C)=O.[Zr]. The third-order valence-corrected chi connectivity index (χ3v) is 1.63. The van der Waals surface area contributed by atoms with E-state index in [1.165, 1.54) is 55.4 Å². The van der Waals surface area contributed by atoms with Crippen LogP contribution in [0.1, 0.15) is 55.4 Å². The molecular formula is C20H28O8Zr-4. The molecule has 164 valence electrons. The minimum absolute atomic E-state index is 0. The van der Waals surface area contributed by atoms with Crippen LogP contribution in [-0.2, 0) is 55.0 Å². The second-order valence-electron chi connectivity index (χ2n) is 5.46. The van der Waals surface area contributed by atoms with Gasteiger partial charge in [-0.2, -0.15) is 0 Å². The van der Waals surface area contributed by atoms with Crippen LogP contribution >= 0.6 is 0 Å². The van der Waals surface area contributed by atoms with Gasteiger partial charge in [0.15, 0.2) is 11.6 Å². The maximum atomic E-state index is 9.98. The molecular weight excluding hydrogens is 459 g/mol. The van der Waals surface area contributed by atoms with E-state index in [1.807, 2.05) is 0 Å². The van der Waals surface area contributed by atoms with Crippen LogP contribution in [0.15, 0.2) is 23.7 Å². The van der Waals surface area contributed by atoms with E-state index in [0.717, 1.165) is 25.0 Å². The smallest absolute Gasteiger partial charge is 0.151 e. The van der Waals surface area contributed by atoms with Crippen molar-refractivity contribution >= 4 is 34.7 Å². The summed E-state index contributed by atoms with van der Waals surface area (Å²) in [5.41, 5.74) is 0. The van der Waals surface area contributed by atoms with Crippen molar-refractivity contribution in [3.63, 3.8) is 0 Å². The van der Waals surface area contributed by atoms with Crippen LogP contribution in [-0.4, -0.2) is 34.7 Å². The van der Waals surface area contributed by atoms with Gasteiger partial charge in [0.2, 0.25) is 0 Å². The van der Waals surface area contributed by atoms with Gasteiger partial charge in [0.25, 0.3) is 0 Å². The molecule has 0 amide bonds. The monoisotopic (exact) mass is 486 g/mol. The molecule has 0 fully saturated rings. The molecule has 0 N–H and O–H groups in total. The molecule has 0 aliphatic carbocycles. The van der Waals surface area contributed by atoms with Gasteiger partial charge < -0.3 is 29.4 Å². The molecule has 0 aromatic carbocycles. The summed E-state index contributed by atoms with van der Waals surface area (Å²) in [5.74, 6) is -1.50. The topological polar surface area (TPSA) is 149 Å². The van der Waals surface area contributed by atoms with Crippen LogP contribution in [0.5, 0.6) is 0 Å². The molecule has 0 radical (unpaired) electrons. The number of ketones is 6. The molecule has 0 aromatic rings. The first-order chi connectivity index (χ1) is 12.5. The Labute approximate surface area is 191 Å². The Hall–Kier alpha value is -2.28. The summed E-state index contributed by atoms with van der Waals surface area (Å²) in [6, 6.07) is 0. The molecule has 0 bridgehead atoms. The number of hydrogen-bond acceptors (Lipinski definition) is 8. The number of hydrogen-bond donors (Lipinski definition) is 0. The van der Waals surface area contributed by atoms with E-state index in [2.05, 4.69) is 0 Å². The predicted octanol–water partition coefficient (Wildman–Crippen LogP) is 0.414. The molecule has 0 atom stereocenters. The number of carbonyl (C=O) groups excluding carboxylic acids is 6. The predicted molar refractivity (Wildman–Crippen MR) is 100 cm³/mol. The molecule has 0 unspecified atom stereocenters. The zero-order valence-corrected chi connectivity index (χ0v) is 20.5. The van der Waals surface area contributed by atoms with Gasteiger partial charge in [0, 0.05) is 49.3 Å². The van der Waals surface area contributed by atoms with Crippen molar-refractivity contribution < 1.29 is 65.2 Å². The summed E-state index contributed by atoms with van der Waals surface area (Å²) in [6.07, 6.45) is 4.22. The minimum Gasteiger partial charge on any atom is -0.876 e. The second-order valence-corrected chi connectivity index (χ2v) is 5.46. The molecule has 0 saturated heterocycles. The molecule has 8 nitrogen and oxygen atoms in total. The van der Waals surface area contributed by atoms with Crippen molar-refractivity contribution in [2.75, 3.05) is 0 Å². The number of rotatable bonds is 6. The van der Waals surface area contributed by atoms with E-state index in [9.17, 15) is 39.0 Å². The summed E-state index contributed by atoms with van der Waals surface area (Å²) in [4.78, 5) is 59.9. The summed E-state index contributed by atoms with van der Waals surface area (Å²) < 4.78 is 0. The fourth-order valence-corrected chi connectivity index (χ4v) is 1.14. The quantitative estimate of drug-likeness (QED) is 0.226. The fraction of sp³-hybridized carbons (Fsp3) is 0.400. The summed E-state index contributed by atoms with van der Waals surface area (Å²) >= 11 is 0. The van der Waals surface area contributed by atoms with Gasteiger partial charge in [-0.15, -0.1) is 11.5 Å². The Morgan fingerprint density at radius 3 is 0.690 bits per heavy atom. The Bertz CT molecular complexity index is 530. The first kappa shape index (κ1) is 37.5. The zero-order chi connectivity index (χ0) is 23.4. The van der Waals surface area contributed by atoms with E-state index in [4.69, 9.17) is 0 Å². The average Bonchev–Trinajstić information content (AvgIpc) is 2.32. The van der Waals surface area contributed by atoms with Crippen molar-refractivity contribution in [1.82, 2.24) is 0 Å². The van der Waals surface area contributed by atoms with Gasteiger partial charge in [0.1, 0.15) is 0 Å². The van der Waals surface area contributed by atoms with Crippen molar-refractivity contribution in [3.8, 4) is 0 Å². The van der Waals surface area contributed by atoms with Crippen molar-refractivity contribution in [2.24, 2.45) is 0 Å². The average molecular weight is 488 g/mol. The Kier molecular flexibility index (Phi) is 30.7. The molecule has 29 heavy (non-hydrogen) atoms. The van der Waals surface area contributed by atoms with Crippen LogP contribution < -0.4 is 10.2 Å². The molecule has 0 heterocycles. The van der Waals surface area contributed by atoms with Crippen LogP contribution in [0.2, 0.25) is 0 Å². The van der Waals surface area contributed by atoms with Gasteiger partial charge in [-0.25, -0.2) is 0 Å². The largest absolute Gasteiger partial charge is 0.876 e. The van der Waals surface area contributed by atoms with Gasteiger partial charge >= 0.3 is 0 Å². The van der Waals surface area contributed by atoms with Crippen molar-refractivity contribution in [2.45, 2.75) is 55.4 Å². The molecule has 0 aromatic heterocycles. The van der Waals surface area contributed by atoms with Gasteiger partial charge in [-0.3, -0.25) is 22.4 Å². The molecule has 0 aliphatic heterocycles. The summed E-state index contributed by atoms with van der Waals surface area (Å²) in [5, 5.41) is 20.0. The second kappa shape index (κ2) is 23.8. The first-order valence-corrected chi connectivity index (χ1v) is 7.94. The minimum atomic E-state index is -0.187. The van der Waals surface area contributed by atoms with Crippen LogP contribution in [0.3, 0.4) is 0 Å². The third kappa shape index (κ3) is 76.9. The van der Waals surface area contributed by atoms with E-state index in [1.54, 1.807) is 0 Å². The van der Waals surface area contributed by atoms with Crippen molar-refractivity contribution in [1.29, 1.82) is 0 Å². The van der Waals surface area contributed by atoms with Crippen LogP contribution in [0.4, 0.5) is 0 Å². The molecule has 0 spiro atoms. The Morgan fingerprint density at radius 1 is 0.517 bits per heavy atom. The molecule has 0 saturated carbocycles. The van der Waals surface area contributed by atoms with Crippen LogP contribution in [0.25, 0.3) is 0 Å². The van der Waals surface area contributed by atoms with E-state index in [0.29, 0.717) is 0 Å². The standard InChI is InChI=1S/2C5H8O2.2C5H7O2.Zr/c4*1-4(6)3-5(2)7;/h2*3,6H,1-2H3;2*3H,1-2H3;/q;;2*-1;/p-2/b2*4-3+;;;. The normalized spacial score (nSPS) is 9.24. The molecule has 0 rings (SSSR count). The number of allylic oxidation sites excluding steroid dienone is 4. The maximum absolute atomic E-state index is 9.98. The molecule has 0 aliphatic rings. The van der Waals surface area contributed by atoms with E-state index < -0.39 is 0 Å². The van der Waals surface area contributed by atoms with Gasteiger partial charge in [-0.05, 0) is 53.7 Å². The van der Waals surface area contributed by atoms with E-state index >= 15 is 0 Å². The van der Waals surface area contributed by atoms with Crippen LogP contribution in [0, 0.1) is 12.8 Å². The Balaban J connectivity index is -0.0000000873. The Morgan fingerprint density at radius 2 is 0.690 bits per heavy atom. The fourth-order valence-electron chi connectivity index (χ4n) is 1.14. The summed E-state index contributed by atoms with van der Waals surface area (Å²) in [6.45, 7) is 10.8. The number of carbonyl (C=O) groups is 6. The summed E-state index contributed by atoms with van der Waals surface area (Å²) in [7, 11) is 0. The van der Waals surface area contributed by atoms with Crippen molar-refractivity contribution in [3.05, 3.63) is 36.5 Å². The number of Topliss-reactive ketones (excluding diaryl/α,β-unsaturated/α-hetero) is 4. The van der Waals surface area contributed by atoms with E-state index in [-0.39, 0.29) is 72.4 Å². The van der Waals surface area contributed by atoms with Gasteiger partial charge in [-0.1, -0.05) is 13.8 Å². The zero-order valence-electron chi connectivity index (χ0n) is 18.1. The first-order valence-electron chi connectivity index (χ1n) is 7.94. The van der Waals surface area contributed by atoms with Gasteiger partial charge in [0.05, 0.1) is 0 Å². The maximum Gasteiger partial charge on any atom is 0.151 e. The third-order valence-electron chi connectivity index (χ3n) is 1.63.